The van der Waals surface area contributed by atoms with Crippen molar-refractivity contribution in [3.8, 4) is 0 Å². The number of fused-ring (bicyclic) bond motifs is 1. The van der Waals surface area contributed by atoms with Gasteiger partial charge in [0.15, 0.2) is 0 Å². The van der Waals surface area contributed by atoms with Crippen LogP contribution in [0, 0.1) is 17.3 Å². The zero-order valence-corrected chi connectivity index (χ0v) is 7.90. The fourth-order valence-electron chi connectivity index (χ4n) is 3.43. The van der Waals surface area contributed by atoms with Crippen molar-refractivity contribution in [3.63, 3.8) is 0 Å². The Morgan fingerprint density at radius 2 is 2.27 bits per heavy atom. The monoisotopic (exact) mass is 152 g/mol. The van der Waals surface area contributed by atoms with E-state index < -0.39 is 0 Å². The minimum atomic E-state index is 0.778. The summed E-state index contributed by atoms with van der Waals surface area (Å²) in [6, 6.07) is 0. The standard InChI is InChI=1S/C11H20/c1-3-9-7-10-5-4-6-11(10,2)8-9/h9-10H,3-8H2,1-2H3. The van der Waals surface area contributed by atoms with Gasteiger partial charge in [-0.3, -0.25) is 0 Å². The molecule has 2 fully saturated rings. The Morgan fingerprint density at radius 1 is 1.45 bits per heavy atom. The molecule has 0 nitrogen and oxygen atoms in total. The van der Waals surface area contributed by atoms with Gasteiger partial charge in [0.05, 0.1) is 0 Å². The molecule has 64 valence electrons. The smallest absolute Gasteiger partial charge is 0.0295 e. The van der Waals surface area contributed by atoms with E-state index >= 15 is 0 Å². The van der Waals surface area contributed by atoms with E-state index in [0.29, 0.717) is 0 Å². The van der Waals surface area contributed by atoms with Crippen LogP contribution in [0.25, 0.3) is 0 Å². The van der Waals surface area contributed by atoms with Crippen LogP contribution in [-0.2, 0) is 0 Å². The van der Waals surface area contributed by atoms with Crippen molar-refractivity contribution in [2.75, 3.05) is 0 Å². The fourth-order valence-corrected chi connectivity index (χ4v) is 3.43. The predicted octanol–water partition coefficient (Wildman–Crippen LogP) is 3.61. The molecule has 0 heterocycles. The summed E-state index contributed by atoms with van der Waals surface area (Å²) in [5.74, 6) is 2.18. The summed E-state index contributed by atoms with van der Waals surface area (Å²) < 4.78 is 0. The van der Waals surface area contributed by atoms with Crippen LogP contribution in [0.5, 0.6) is 0 Å². The van der Waals surface area contributed by atoms with Gasteiger partial charge in [-0.05, 0) is 42.9 Å². The Kier molecular flexibility index (Phi) is 1.74. The molecule has 0 aromatic heterocycles. The second-order valence-electron chi connectivity index (χ2n) is 4.96. The Morgan fingerprint density at radius 3 is 2.91 bits per heavy atom. The Labute approximate surface area is 70.4 Å². The van der Waals surface area contributed by atoms with Crippen molar-refractivity contribution in [2.45, 2.75) is 52.4 Å². The molecule has 0 aromatic carbocycles. The summed E-state index contributed by atoms with van der Waals surface area (Å²) in [6.07, 6.45) is 9.08. The highest BCUT2D eigenvalue weighted by atomic mass is 14.5. The molecule has 2 aliphatic carbocycles. The highest BCUT2D eigenvalue weighted by Crippen LogP contribution is 2.56. The lowest BCUT2D eigenvalue weighted by Crippen LogP contribution is -2.13. The van der Waals surface area contributed by atoms with Crippen molar-refractivity contribution in [3.05, 3.63) is 0 Å². The van der Waals surface area contributed by atoms with Crippen LogP contribution in [0.3, 0.4) is 0 Å². The second-order valence-corrected chi connectivity index (χ2v) is 4.96. The van der Waals surface area contributed by atoms with E-state index in [1.54, 1.807) is 6.42 Å². The van der Waals surface area contributed by atoms with Gasteiger partial charge in [0.1, 0.15) is 0 Å². The van der Waals surface area contributed by atoms with Gasteiger partial charge >= 0.3 is 0 Å². The molecular formula is C11H20. The minimum absolute atomic E-state index is 0.778. The van der Waals surface area contributed by atoms with E-state index in [9.17, 15) is 0 Å². The molecule has 0 spiro atoms. The third kappa shape index (κ3) is 1.11. The Hall–Kier alpha value is 0. The molecule has 0 amide bonds. The zero-order valence-electron chi connectivity index (χ0n) is 7.90. The lowest BCUT2D eigenvalue weighted by molar-refractivity contribution is 0.272. The van der Waals surface area contributed by atoms with Gasteiger partial charge in [0.25, 0.3) is 0 Å². The van der Waals surface area contributed by atoms with Crippen molar-refractivity contribution in [1.29, 1.82) is 0 Å². The molecule has 0 saturated heterocycles. The largest absolute Gasteiger partial charge is 0.0651 e. The van der Waals surface area contributed by atoms with Gasteiger partial charge in [0.2, 0.25) is 0 Å². The number of hydrogen-bond acceptors (Lipinski definition) is 0. The molecule has 0 aliphatic heterocycles. The summed E-state index contributed by atoms with van der Waals surface area (Å²) in [6.45, 7) is 4.88. The highest BCUT2D eigenvalue weighted by Gasteiger charge is 2.45. The van der Waals surface area contributed by atoms with Gasteiger partial charge in [-0.25, -0.2) is 0 Å². The molecule has 3 atom stereocenters. The van der Waals surface area contributed by atoms with Crippen LogP contribution in [0.1, 0.15) is 52.4 Å². The lowest BCUT2D eigenvalue weighted by Gasteiger charge is -2.23. The third-order valence-electron chi connectivity index (χ3n) is 4.24. The maximum Gasteiger partial charge on any atom is -0.0295 e. The van der Waals surface area contributed by atoms with Crippen molar-refractivity contribution in [2.24, 2.45) is 17.3 Å². The maximum atomic E-state index is 2.53. The fraction of sp³-hybridized carbons (Fsp3) is 1.00. The lowest BCUT2D eigenvalue weighted by atomic mass is 9.82. The quantitative estimate of drug-likeness (QED) is 0.538. The van der Waals surface area contributed by atoms with E-state index in [-0.39, 0.29) is 0 Å². The molecule has 0 N–H and O–H groups in total. The average molecular weight is 152 g/mol. The van der Waals surface area contributed by atoms with Gasteiger partial charge in [-0.15, -0.1) is 0 Å². The van der Waals surface area contributed by atoms with Crippen LogP contribution in [0.15, 0.2) is 0 Å². The van der Waals surface area contributed by atoms with Crippen LogP contribution < -0.4 is 0 Å². The molecule has 2 saturated carbocycles. The molecule has 11 heavy (non-hydrogen) atoms. The zero-order chi connectivity index (χ0) is 7.90. The normalized spacial score (nSPS) is 49.6. The summed E-state index contributed by atoms with van der Waals surface area (Å²) in [4.78, 5) is 0. The van der Waals surface area contributed by atoms with Crippen LogP contribution in [-0.4, -0.2) is 0 Å². The number of rotatable bonds is 1. The van der Waals surface area contributed by atoms with Crippen LogP contribution in [0.4, 0.5) is 0 Å². The highest BCUT2D eigenvalue weighted by molar-refractivity contribution is 4.96. The molecule has 0 aromatic rings. The average Bonchev–Trinajstić information content (AvgIpc) is 2.42. The Bertz CT molecular complexity index is 150. The topological polar surface area (TPSA) is 0 Å². The molecule has 3 unspecified atom stereocenters. The summed E-state index contributed by atoms with van der Waals surface area (Å²) in [5, 5.41) is 0. The molecule has 0 bridgehead atoms. The van der Waals surface area contributed by atoms with Crippen molar-refractivity contribution < 1.29 is 0 Å². The first-order valence-corrected chi connectivity index (χ1v) is 5.24. The molecule has 0 heteroatoms. The SMILES string of the molecule is CCC1CC2CCCC2(C)C1. The molecular weight excluding hydrogens is 132 g/mol. The first kappa shape index (κ1) is 7.64. The third-order valence-corrected chi connectivity index (χ3v) is 4.24. The summed E-state index contributed by atoms with van der Waals surface area (Å²) in [7, 11) is 0. The van der Waals surface area contributed by atoms with Gasteiger partial charge in [0, 0.05) is 0 Å². The van der Waals surface area contributed by atoms with Gasteiger partial charge in [-0.2, -0.15) is 0 Å². The Balaban J connectivity index is 2.06. The van der Waals surface area contributed by atoms with Crippen LogP contribution >= 0.6 is 0 Å². The van der Waals surface area contributed by atoms with E-state index in [1.807, 2.05) is 0 Å². The maximum absolute atomic E-state index is 2.53. The van der Waals surface area contributed by atoms with Gasteiger partial charge < -0.3 is 0 Å². The van der Waals surface area contributed by atoms with E-state index in [0.717, 1.165) is 17.3 Å². The van der Waals surface area contributed by atoms with E-state index in [4.69, 9.17) is 0 Å². The first-order chi connectivity index (χ1) is 5.24. The van der Waals surface area contributed by atoms with Gasteiger partial charge in [-0.1, -0.05) is 26.7 Å². The minimum Gasteiger partial charge on any atom is -0.0651 e. The van der Waals surface area contributed by atoms with E-state index in [1.165, 1.54) is 32.1 Å². The number of hydrogen-bond donors (Lipinski definition) is 0. The van der Waals surface area contributed by atoms with Crippen LogP contribution in [0.2, 0.25) is 0 Å². The summed E-state index contributed by atoms with van der Waals surface area (Å²) >= 11 is 0. The predicted molar refractivity (Wildman–Crippen MR) is 48.5 cm³/mol. The summed E-state index contributed by atoms with van der Waals surface area (Å²) in [5.41, 5.74) is 0.778. The second kappa shape index (κ2) is 2.50. The van der Waals surface area contributed by atoms with E-state index in [2.05, 4.69) is 13.8 Å². The molecule has 0 radical (unpaired) electrons. The molecule has 2 rings (SSSR count). The van der Waals surface area contributed by atoms with Crippen molar-refractivity contribution >= 4 is 0 Å². The first-order valence-electron chi connectivity index (χ1n) is 5.24. The van der Waals surface area contributed by atoms with Crippen molar-refractivity contribution in [1.82, 2.24) is 0 Å². The molecule has 2 aliphatic rings.